The van der Waals surface area contributed by atoms with Crippen molar-refractivity contribution in [3.8, 4) is 0 Å². The molecule has 9 nitrogen and oxygen atoms in total. The predicted molar refractivity (Wildman–Crippen MR) is 121 cm³/mol. The molecule has 35 heavy (non-hydrogen) atoms. The van der Waals surface area contributed by atoms with Crippen molar-refractivity contribution in [2.45, 2.75) is 101 Å². The van der Waals surface area contributed by atoms with E-state index in [1.807, 2.05) is 34.6 Å². The van der Waals surface area contributed by atoms with E-state index in [2.05, 4.69) is 5.32 Å². The summed E-state index contributed by atoms with van der Waals surface area (Å²) < 4.78 is 68.9. The van der Waals surface area contributed by atoms with Gasteiger partial charge in [0.05, 0.1) is 11.5 Å². The highest BCUT2D eigenvalue weighted by Crippen LogP contribution is 2.63. The van der Waals surface area contributed by atoms with Crippen LogP contribution in [0.1, 0.15) is 73.1 Å². The standard InChI is InChI=1S/C23H36F2N2O7S/c1-18(2,3)23(26,15-19(4,5)27-15)17(29)34-21-9-13-6-14(10-21)8-20(7-13,11-21)16(28)33-12-22(24,25)35(30,31)32/h13-15,27H,6-12,26H2,1-5H3,(H,30,31,32). The zero-order chi connectivity index (χ0) is 26.5. The molecule has 4 atom stereocenters. The fourth-order valence-electron chi connectivity index (χ4n) is 7.07. The van der Waals surface area contributed by atoms with Crippen LogP contribution >= 0.6 is 0 Å². The molecule has 5 aliphatic rings. The quantitative estimate of drug-likeness (QED) is 0.260. The van der Waals surface area contributed by atoms with Crippen molar-refractivity contribution < 1.29 is 40.8 Å². The van der Waals surface area contributed by atoms with Gasteiger partial charge in [-0.15, -0.1) is 0 Å². The van der Waals surface area contributed by atoms with Gasteiger partial charge in [-0.05, 0) is 63.2 Å². The summed E-state index contributed by atoms with van der Waals surface area (Å²) in [6, 6.07) is -0.307. The van der Waals surface area contributed by atoms with E-state index in [1.54, 1.807) is 0 Å². The van der Waals surface area contributed by atoms with Crippen LogP contribution in [-0.4, -0.2) is 59.5 Å². The molecule has 0 amide bonds. The third-order valence-corrected chi connectivity index (χ3v) is 9.56. The number of nitrogens with one attached hydrogen (secondary N) is 1. The van der Waals surface area contributed by atoms with Crippen molar-refractivity contribution in [1.82, 2.24) is 5.32 Å². The van der Waals surface area contributed by atoms with Crippen molar-refractivity contribution in [3.63, 3.8) is 0 Å². The minimum Gasteiger partial charge on any atom is -0.458 e. The van der Waals surface area contributed by atoms with E-state index >= 15 is 0 Å². The fraction of sp³-hybridized carbons (Fsp3) is 0.913. The van der Waals surface area contributed by atoms with Crippen LogP contribution in [0.3, 0.4) is 0 Å². The molecule has 1 saturated heterocycles. The number of esters is 2. The van der Waals surface area contributed by atoms with E-state index < -0.39 is 55.9 Å². The maximum atomic E-state index is 13.7. The van der Waals surface area contributed by atoms with E-state index in [4.69, 9.17) is 19.8 Å². The second-order valence-electron chi connectivity index (χ2n) is 12.9. The Kier molecular flexibility index (Phi) is 5.78. The van der Waals surface area contributed by atoms with Crippen molar-refractivity contribution in [2.75, 3.05) is 6.61 Å². The Bertz CT molecular complexity index is 1020. The summed E-state index contributed by atoms with van der Waals surface area (Å²) in [5, 5.41) is -1.33. The van der Waals surface area contributed by atoms with E-state index in [9.17, 15) is 26.8 Å². The summed E-state index contributed by atoms with van der Waals surface area (Å²) in [6.45, 7) is 7.76. The molecular formula is C23H36F2N2O7S. The van der Waals surface area contributed by atoms with Crippen LogP contribution in [0.2, 0.25) is 0 Å². The SMILES string of the molecule is CC1(C)NC1C(N)(C(=O)OC12CC3CC(C1)CC(C(=O)OCC(F)(F)S(=O)(=O)O)(C3)C2)C(C)(C)C. The first-order valence-electron chi connectivity index (χ1n) is 12.0. The van der Waals surface area contributed by atoms with Gasteiger partial charge in [0.25, 0.3) is 0 Å². The average Bonchev–Trinajstić information content (AvgIpc) is 3.30. The highest BCUT2D eigenvalue weighted by molar-refractivity contribution is 7.86. The molecule has 200 valence electrons. The number of hydrogen-bond acceptors (Lipinski definition) is 8. The molecule has 1 aliphatic heterocycles. The molecule has 4 N–H and O–H groups in total. The van der Waals surface area contributed by atoms with Gasteiger partial charge in [-0.2, -0.15) is 17.2 Å². The number of halogens is 2. The number of rotatable bonds is 7. The van der Waals surface area contributed by atoms with E-state index in [0.717, 1.165) is 6.42 Å². The van der Waals surface area contributed by atoms with Gasteiger partial charge in [-0.25, -0.2) is 4.79 Å². The summed E-state index contributed by atoms with van der Waals surface area (Å²) in [4.78, 5) is 26.8. The van der Waals surface area contributed by atoms with Gasteiger partial charge in [-0.3, -0.25) is 9.35 Å². The number of hydrogen-bond donors (Lipinski definition) is 3. The molecule has 0 aromatic rings. The summed E-state index contributed by atoms with van der Waals surface area (Å²) >= 11 is 0. The molecule has 5 rings (SSSR count). The van der Waals surface area contributed by atoms with E-state index in [0.29, 0.717) is 25.7 Å². The number of carbonyl (C=O) groups is 2. The summed E-state index contributed by atoms with van der Waals surface area (Å²) in [5.41, 5.74) is 2.31. The van der Waals surface area contributed by atoms with Gasteiger partial charge in [0, 0.05) is 12.0 Å². The van der Waals surface area contributed by atoms with Gasteiger partial charge in [-0.1, -0.05) is 20.8 Å². The Labute approximate surface area is 204 Å². The van der Waals surface area contributed by atoms with Crippen LogP contribution in [-0.2, 0) is 29.2 Å². The van der Waals surface area contributed by atoms with Gasteiger partial charge >= 0.3 is 27.3 Å². The Balaban J connectivity index is 1.56. The largest absolute Gasteiger partial charge is 0.458 e. The molecular weight excluding hydrogens is 486 g/mol. The van der Waals surface area contributed by atoms with Crippen LogP contribution in [0, 0.1) is 22.7 Å². The monoisotopic (exact) mass is 522 g/mol. The van der Waals surface area contributed by atoms with Crippen LogP contribution in [0.25, 0.3) is 0 Å². The molecule has 0 aromatic carbocycles. The Morgan fingerprint density at radius 1 is 1.11 bits per heavy atom. The van der Waals surface area contributed by atoms with Crippen LogP contribution in [0.4, 0.5) is 8.78 Å². The molecule has 4 saturated carbocycles. The van der Waals surface area contributed by atoms with E-state index in [-0.39, 0.29) is 29.8 Å². The lowest BCUT2D eigenvalue weighted by molar-refractivity contribution is -0.219. The first-order valence-corrected chi connectivity index (χ1v) is 13.4. The molecule has 0 aromatic heterocycles. The molecule has 4 aliphatic carbocycles. The molecule has 4 unspecified atom stereocenters. The van der Waals surface area contributed by atoms with Crippen molar-refractivity contribution >= 4 is 22.1 Å². The van der Waals surface area contributed by atoms with Gasteiger partial charge in [0.1, 0.15) is 11.1 Å². The highest BCUT2D eigenvalue weighted by atomic mass is 32.2. The average molecular weight is 523 g/mol. The molecule has 5 fully saturated rings. The Morgan fingerprint density at radius 2 is 1.63 bits per heavy atom. The van der Waals surface area contributed by atoms with Crippen LogP contribution < -0.4 is 11.1 Å². The maximum Gasteiger partial charge on any atom is 0.402 e. The normalized spacial score (nSPS) is 37.5. The third-order valence-electron chi connectivity index (χ3n) is 8.69. The minimum atomic E-state index is -5.72. The molecule has 0 spiro atoms. The Morgan fingerprint density at radius 3 is 2.06 bits per heavy atom. The lowest BCUT2D eigenvalue weighted by atomic mass is 9.48. The first-order chi connectivity index (χ1) is 15.7. The second-order valence-corrected chi connectivity index (χ2v) is 14.5. The van der Waals surface area contributed by atoms with Crippen LogP contribution in [0.5, 0.6) is 0 Å². The van der Waals surface area contributed by atoms with Crippen molar-refractivity contribution in [2.24, 2.45) is 28.4 Å². The van der Waals surface area contributed by atoms with Gasteiger partial charge < -0.3 is 20.5 Å². The van der Waals surface area contributed by atoms with Crippen LogP contribution in [0.15, 0.2) is 0 Å². The highest BCUT2D eigenvalue weighted by Gasteiger charge is 2.68. The van der Waals surface area contributed by atoms with E-state index in [1.165, 1.54) is 0 Å². The van der Waals surface area contributed by atoms with Gasteiger partial charge in [0.2, 0.25) is 0 Å². The predicted octanol–water partition coefficient (Wildman–Crippen LogP) is 2.39. The summed E-state index contributed by atoms with van der Waals surface area (Å²) in [6.07, 6.45) is 2.82. The first kappa shape index (κ1) is 26.7. The van der Waals surface area contributed by atoms with Crippen molar-refractivity contribution in [3.05, 3.63) is 0 Å². The number of carbonyl (C=O) groups excluding carboxylic acids is 2. The summed E-state index contributed by atoms with van der Waals surface area (Å²) in [7, 11) is -5.72. The van der Waals surface area contributed by atoms with Crippen molar-refractivity contribution in [1.29, 1.82) is 0 Å². The molecule has 12 heteroatoms. The lowest BCUT2D eigenvalue weighted by Gasteiger charge is -2.60. The Hall–Kier alpha value is -1.37. The maximum absolute atomic E-state index is 13.7. The van der Waals surface area contributed by atoms with Gasteiger partial charge in [0.15, 0.2) is 6.61 Å². The zero-order valence-corrected chi connectivity index (χ0v) is 21.6. The number of nitrogens with two attached hydrogens (primary N) is 1. The number of ether oxygens (including phenoxy) is 2. The number of alkyl halides is 2. The fourth-order valence-corrected chi connectivity index (χ4v) is 7.27. The molecule has 1 heterocycles. The minimum absolute atomic E-state index is 0.0380. The second kappa shape index (κ2) is 7.58. The molecule has 0 radical (unpaired) electrons. The lowest BCUT2D eigenvalue weighted by Crippen LogP contribution is -2.67. The topological polar surface area (TPSA) is 155 Å². The summed E-state index contributed by atoms with van der Waals surface area (Å²) in [5.74, 6) is -1.43. The molecule has 4 bridgehead atoms. The third kappa shape index (κ3) is 4.27. The zero-order valence-electron chi connectivity index (χ0n) is 20.8. The smallest absolute Gasteiger partial charge is 0.402 e.